The highest BCUT2D eigenvalue weighted by molar-refractivity contribution is 5.87. The first-order chi connectivity index (χ1) is 22.9. The lowest BCUT2D eigenvalue weighted by atomic mass is 9.98. The fourth-order valence-electron chi connectivity index (χ4n) is 5.05. The second-order valence-electron chi connectivity index (χ2n) is 10.8. The molecule has 0 aliphatic carbocycles. The Hall–Kier alpha value is -4.39. The summed E-state index contributed by atoms with van der Waals surface area (Å²) < 4.78 is 33.1. The van der Waals surface area contributed by atoms with Crippen LogP contribution in [0.5, 0.6) is 11.5 Å². The molecule has 2 aromatic rings. The van der Waals surface area contributed by atoms with E-state index in [1.807, 2.05) is 0 Å². The Morgan fingerprint density at radius 3 is 1.75 bits per heavy atom. The van der Waals surface area contributed by atoms with Crippen molar-refractivity contribution in [1.82, 2.24) is 0 Å². The third-order valence-electron chi connectivity index (χ3n) is 7.40. The zero-order chi connectivity index (χ0) is 35.0. The van der Waals surface area contributed by atoms with Crippen LogP contribution in [-0.2, 0) is 42.8 Å². The molecule has 0 spiro atoms. The van der Waals surface area contributed by atoms with Gasteiger partial charge in [-0.3, -0.25) is 4.79 Å². The van der Waals surface area contributed by atoms with E-state index in [0.29, 0.717) is 11.1 Å². The number of phenolic OH excluding ortho intramolecular Hbond substituents is 2. The van der Waals surface area contributed by atoms with E-state index < -0.39 is 92.5 Å². The van der Waals surface area contributed by atoms with Crippen LogP contribution < -0.4 is 0 Å². The van der Waals surface area contributed by atoms with Crippen molar-refractivity contribution in [2.24, 2.45) is 0 Å². The summed E-state index contributed by atoms with van der Waals surface area (Å²) in [7, 11) is 0. The van der Waals surface area contributed by atoms with Crippen molar-refractivity contribution >= 4 is 30.1 Å². The molecule has 0 amide bonds. The molecule has 2 saturated heterocycles. The lowest BCUT2D eigenvalue weighted by Crippen LogP contribution is -2.64. The van der Waals surface area contributed by atoms with Crippen LogP contribution in [0.1, 0.15) is 18.1 Å². The number of benzene rings is 2. The fraction of sp³-hybridized carbons (Fsp3) is 0.406. The molecular formula is C32H36O16. The van der Waals surface area contributed by atoms with Gasteiger partial charge in [0.2, 0.25) is 12.1 Å². The standard InChI is InChI=1S/C32H36O16/c1-17(36)43-29-27(42)28(45-24(39)12-6-18-2-8-20(37)9-3-18)23(15-34)44-31(29)48-32(16-35)30(26(41)22(14-33)47-32)46-25(40)13-7-19-4-10-21(38)11-5-19/h2-13,22-23,26-31,33-35,37-38,41-42H,14-16H2,1H3. The first-order valence-corrected chi connectivity index (χ1v) is 14.6. The molecule has 260 valence electrons. The molecule has 0 aromatic heterocycles. The van der Waals surface area contributed by atoms with Crippen LogP contribution in [0.2, 0.25) is 0 Å². The smallest absolute Gasteiger partial charge is 0.331 e. The number of carbonyl (C=O) groups is 3. The zero-order valence-corrected chi connectivity index (χ0v) is 25.5. The van der Waals surface area contributed by atoms with Crippen molar-refractivity contribution in [3.05, 3.63) is 71.8 Å². The Morgan fingerprint density at radius 1 is 0.750 bits per heavy atom. The monoisotopic (exact) mass is 676 g/mol. The Balaban J connectivity index is 1.55. The second-order valence-corrected chi connectivity index (χ2v) is 10.8. The third-order valence-corrected chi connectivity index (χ3v) is 7.40. The predicted octanol–water partition coefficient (Wildman–Crippen LogP) is -0.885. The Kier molecular flexibility index (Phi) is 12.3. The van der Waals surface area contributed by atoms with E-state index in [0.717, 1.165) is 19.1 Å². The quantitative estimate of drug-likeness (QED) is 0.0819. The van der Waals surface area contributed by atoms with E-state index in [-0.39, 0.29) is 11.5 Å². The zero-order valence-electron chi connectivity index (χ0n) is 25.5. The minimum absolute atomic E-state index is 0.00152. The number of ether oxygens (including phenoxy) is 6. The highest BCUT2D eigenvalue weighted by Gasteiger charge is 2.61. The molecule has 9 unspecified atom stereocenters. The molecule has 2 aliphatic rings. The molecule has 2 fully saturated rings. The van der Waals surface area contributed by atoms with Crippen molar-refractivity contribution in [2.45, 2.75) is 61.7 Å². The van der Waals surface area contributed by atoms with Crippen molar-refractivity contribution in [1.29, 1.82) is 0 Å². The summed E-state index contributed by atoms with van der Waals surface area (Å²) in [5.41, 5.74) is 1.02. The number of hydrogen-bond acceptors (Lipinski definition) is 16. The molecule has 48 heavy (non-hydrogen) atoms. The van der Waals surface area contributed by atoms with E-state index in [1.165, 1.54) is 60.7 Å². The predicted molar refractivity (Wildman–Crippen MR) is 160 cm³/mol. The van der Waals surface area contributed by atoms with Gasteiger partial charge in [-0.25, -0.2) is 9.59 Å². The van der Waals surface area contributed by atoms with Gasteiger partial charge in [-0.2, -0.15) is 0 Å². The summed E-state index contributed by atoms with van der Waals surface area (Å²) in [6, 6.07) is 11.6. The van der Waals surface area contributed by atoms with Gasteiger partial charge in [-0.05, 0) is 47.5 Å². The van der Waals surface area contributed by atoms with Crippen LogP contribution in [0, 0.1) is 0 Å². The normalized spacial score (nSPS) is 30.4. The third kappa shape index (κ3) is 8.74. The minimum Gasteiger partial charge on any atom is -0.508 e. The number of carbonyl (C=O) groups excluding carboxylic acids is 3. The van der Waals surface area contributed by atoms with Crippen molar-refractivity contribution in [2.75, 3.05) is 19.8 Å². The van der Waals surface area contributed by atoms with Gasteiger partial charge in [0, 0.05) is 19.1 Å². The van der Waals surface area contributed by atoms with Gasteiger partial charge in [0.25, 0.3) is 0 Å². The number of aromatic hydroxyl groups is 2. The van der Waals surface area contributed by atoms with Crippen molar-refractivity contribution in [3.63, 3.8) is 0 Å². The van der Waals surface area contributed by atoms with Crippen LogP contribution in [0.15, 0.2) is 60.7 Å². The van der Waals surface area contributed by atoms with Gasteiger partial charge < -0.3 is 64.2 Å². The molecule has 2 aromatic carbocycles. The Labute approximate surface area is 273 Å². The molecule has 16 nitrogen and oxygen atoms in total. The summed E-state index contributed by atoms with van der Waals surface area (Å²) in [5.74, 6) is -5.45. The Morgan fingerprint density at radius 2 is 1.27 bits per heavy atom. The van der Waals surface area contributed by atoms with Gasteiger partial charge in [0.05, 0.1) is 13.2 Å². The number of phenols is 2. The number of hydrogen-bond donors (Lipinski definition) is 7. The summed E-state index contributed by atoms with van der Waals surface area (Å²) in [4.78, 5) is 37.5. The van der Waals surface area contributed by atoms with Gasteiger partial charge in [-0.1, -0.05) is 24.3 Å². The topological polar surface area (TPSA) is 248 Å². The average molecular weight is 677 g/mol. The van der Waals surface area contributed by atoms with Crippen LogP contribution in [0.4, 0.5) is 0 Å². The highest BCUT2D eigenvalue weighted by Crippen LogP contribution is 2.39. The summed E-state index contributed by atoms with van der Waals surface area (Å²) >= 11 is 0. The number of rotatable bonds is 12. The maximum absolute atomic E-state index is 12.8. The highest BCUT2D eigenvalue weighted by atomic mass is 16.8. The lowest BCUT2D eigenvalue weighted by molar-refractivity contribution is -0.383. The summed E-state index contributed by atoms with van der Waals surface area (Å²) in [6.07, 6.45) is -9.11. The lowest BCUT2D eigenvalue weighted by Gasteiger charge is -2.45. The molecule has 16 heteroatoms. The van der Waals surface area contributed by atoms with E-state index in [9.17, 15) is 50.1 Å². The maximum Gasteiger partial charge on any atom is 0.331 e. The molecule has 7 N–H and O–H groups in total. The first-order valence-electron chi connectivity index (χ1n) is 14.6. The molecule has 4 rings (SSSR count). The average Bonchev–Trinajstić information content (AvgIpc) is 3.33. The van der Waals surface area contributed by atoms with Gasteiger partial charge in [0.15, 0.2) is 18.3 Å². The van der Waals surface area contributed by atoms with E-state index in [4.69, 9.17) is 28.4 Å². The number of esters is 3. The molecule has 0 saturated carbocycles. The Bertz CT molecular complexity index is 1460. The van der Waals surface area contributed by atoms with Gasteiger partial charge in [0.1, 0.15) is 42.5 Å². The molecule has 0 bridgehead atoms. The first kappa shape index (κ1) is 36.4. The molecule has 2 aliphatic heterocycles. The minimum atomic E-state index is -2.48. The molecular weight excluding hydrogens is 640 g/mol. The molecule has 9 atom stereocenters. The van der Waals surface area contributed by atoms with Crippen LogP contribution >= 0.6 is 0 Å². The maximum atomic E-state index is 12.8. The molecule has 0 radical (unpaired) electrons. The van der Waals surface area contributed by atoms with Crippen LogP contribution in [0.25, 0.3) is 12.2 Å². The molecule has 2 heterocycles. The van der Waals surface area contributed by atoms with Gasteiger partial charge in [-0.15, -0.1) is 0 Å². The van der Waals surface area contributed by atoms with Gasteiger partial charge >= 0.3 is 17.9 Å². The van der Waals surface area contributed by atoms with Crippen molar-refractivity contribution in [3.8, 4) is 11.5 Å². The summed E-state index contributed by atoms with van der Waals surface area (Å²) in [5, 5.41) is 71.3. The van der Waals surface area contributed by atoms with E-state index >= 15 is 0 Å². The van der Waals surface area contributed by atoms with E-state index in [1.54, 1.807) is 0 Å². The SMILES string of the molecule is CC(=O)OC1C(OC2(CO)OC(CO)C(O)C2OC(=O)C=Cc2ccc(O)cc2)OC(CO)C(OC(=O)C=Cc2ccc(O)cc2)C1O. The van der Waals surface area contributed by atoms with E-state index in [2.05, 4.69) is 0 Å². The number of aliphatic hydroxyl groups excluding tert-OH is 5. The fourth-order valence-corrected chi connectivity index (χ4v) is 5.05. The summed E-state index contributed by atoms with van der Waals surface area (Å²) in [6.45, 7) is -1.82. The number of aliphatic hydroxyl groups is 5. The van der Waals surface area contributed by atoms with Crippen molar-refractivity contribution < 1.29 is 78.6 Å². The van der Waals surface area contributed by atoms with Crippen LogP contribution in [0.3, 0.4) is 0 Å². The largest absolute Gasteiger partial charge is 0.508 e. The van der Waals surface area contributed by atoms with Crippen LogP contribution in [-0.4, -0.2) is 128 Å². The second kappa shape index (κ2) is 16.1.